The number of hydrogen-bond acceptors (Lipinski definition) is 3. The molecule has 0 fully saturated rings. The average molecular weight is 282 g/mol. The molecule has 3 nitrogen and oxygen atoms in total. The maximum absolute atomic E-state index is 11.2. The lowest BCUT2D eigenvalue weighted by molar-refractivity contribution is -0.105. The van der Waals surface area contributed by atoms with E-state index in [1.165, 1.54) is 0 Å². The van der Waals surface area contributed by atoms with Gasteiger partial charge in [-0.1, -0.05) is 36.9 Å². The highest BCUT2D eigenvalue weighted by Crippen LogP contribution is 2.34. The molecule has 0 aliphatic heterocycles. The summed E-state index contributed by atoms with van der Waals surface area (Å²) in [6, 6.07) is 15.4. The number of methoxy groups -OCH3 is 2. The smallest absolute Gasteiger partial charge is 0.146 e. The molecular formula is C18H18O3. The van der Waals surface area contributed by atoms with Gasteiger partial charge in [0, 0.05) is 12.0 Å². The molecule has 1 unspecified atom stereocenters. The van der Waals surface area contributed by atoms with E-state index in [0.29, 0.717) is 17.1 Å². The first-order valence-corrected chi connectivity index (χ1v) is 6.61. The summed E-state index contributed by atoms with van der Waals surface area (Å²) in [6.45, 7) is 3.89. The van der Waals surface area contributed by atoms with Gasteiger partial charge in [0.2, 0.25) is 0 Å². The number of rotatable bonds is 6. The molecule has 0 saturated carbocycles. The van der Waals surface area contributed by atoms with Crippen LogP contribution in [0.25, 0.3) is 0 Å². The molecule has 0 N–H and O–H groups in total. The molecule has 0 saturated heterocycles. The molecule has 2 aromatic carbocycles. The van der Waals surface area contributed by atoms with Gasteiger partial charge in [-0.2, -0.15) is 0 Å². The monoisotopic (exact) mass is 282 g/mol. The van der Waals surface area contributed by atoms with Crippen LogP contribution < -0.4 is 9.47 Å². The van der Waals surface area contributed by atoms with E-state index in [0.717, 1.165) is 17.4 Å². The minimum absolute atomic E-state index is 0.215. The molecular weight excluding hydrogens is 264 g/mol. The number of benzene rings is 2. The molecule has 1 atom stereocenters. The minimum atomic E-state index is -0.215. The number of carbonyl (C=O) groups excluding carboxylic acids is 1. The Morgan fingerprint density at radius 3 is 2.05 bits per heavy atom. The summed E-state index contributed by atoms with van der Waals surface area (Å²) in [5.74, 6) is 1.15. The van der Waals surface area contributed by atoms with Gasteiger partial charge in [-0.3, -0.25) is 4.79 Å². The molecule has 108 valence electrons. The van der Waals surface area contributed by atoms with Gasteiger partial charge >= 0.3 is 0 Å². The van der Waals surface area contributed by atoms with Crippen molar-refractivity contribution >= 4 is 6.29 Å². The van der Waals surface area contributed by atoms with Crippen LogP contribution in [0.5, 0.6) is 11.5 Å². The predicted octanol–water partition coefficient (Wildman–Crippen LogP) is 3.59. The zero-order valence-corrected chi connectivity index (χ0v) is 12.2. The lowest BCUT2D eigenvalue weighted by atomic mass is 9.86. The Bertz CT molecular complexity index is 610. The number of carbonyl (C=O) groups is 1. The van der Waals surface area contributed by atoms with Crippen LogP contribution in [-0.4, -0.2) is 20.5 Å². The van der Waals surface area contributed by atoms with Crippen molar-refractivity contribution in [2.45, 2.75) is 5.92 Å². The second-order valence-electron chi connectivity index (χ2n) is 4.68. The van der Waals surface area contributed by atoms with Crippen molar-refractivity contribution in [3.63, 3.8) is 0 Å². The number of aldehydes is 1. The van der Waals surface area contributed by atoms with E-state index < -0.39 is 0 Å². The standard InChI is InChI=1S/C18H18O3/c1-13(12-19)18(14-7-5-4-6-8-14)15-9-16(20-2)11-17(10-15)21-3/h4-12,18H,1H2,2-3H3. The second kappa shape index (κ2) is 6.75. The molecule has 2 aromatic rings. The third kappa shape index (κ3) is 3.31. The van der Waals surface area contributed by atoms with E-state index in [1.807, 2.05) is 42.5 Å². The zero-order valence-electron chi connectivity index (χ0n) is 12.2. The number of hydrogen-bond donors (Lipinski definition) is 0. The van der Waals surface area contributed by atoms with Crippen LogP contribution in [-0.2, 0) is 4.79 Å². The molecule has 0 aliphatic carbocycles. The molecule has 0 spiro atoms. The quantitative estimate of drug-likeness (QED) is 0.600. The third-order valence-corrected chi connectivity index (χ3v) is 3.36. The van der Waals surface area contributed by atoms with Crippen molar-refractivity contribution in [2.24, 2.45) is 0 Å². The molecule has 0 aromatic heterocycles. The predicted molar refractivity (Wildman–Crippen MR) is 83.0 cm³/mol. The van der Waals surface area contributed by atoms with Crippen LogP contribution in [0.1, 0.15) is 17.0 Å². The first-order valence-electron chi connectivity index (χ1n) is 6.61. The summed E-state index contributed by atoms with van der Waals surface area (Å²) in [7, 11) is 3.20. The highest BCUT2D eigenvalue weighted by atomic mass is 16.5. The second-order valence-corrected chi connectivity index (χ2v) is 4.68. The van der Waals surface area contributed by atoms with E-state index in [2.05, 4.69) is 6.58 Å². The van der Waals surface area contributed by atoms with Crippen molar-refractivity contribution in [3.05, 3.63) is 71.8 Å². The van der Waals surface area contributed by atoms with Gasteiger partial charge in [-0.05, 0) is 28.8 Å². The SMILES string of the molecule is C=C(C=O)C(c1ccccc1)c1cc(OC)cc(OC)c1. The first-order chi connectivity index (χ1) is 10.2. The molecule has 0 radical (unpaired) electrons. The Hall–Kier alpha value is -2.55. The summed E-state index contributed by atoms with van der Waals surface area (Å²) in [6.07, 6.45) is 0.795. The molecule has 3 heteroatoms. The molecule has 0 aliphatic rings. The fraction of sp³-hybridized carbons (Fsp3) is 0.167. The Balaban J connectivity index is 2.56. The Morgan fingerprint density at radius 1 is 1.00 bits per heavy atom. The van der Waals surface area contributed by atoms with Crippen molar-refractivity contribution in [2.75, 3.05) is 14.2 Å². The van der Waals surface area contributed by atoms with Crippen molar-refractivity contribution in [1.82, 2.24) is 0 Å². The van der Waals surface area contributed by atoms with Crippen molar-refractivity contribution < 1.29 is 14.3 Å². The summed E-state index contributed by atoms with van der Waals surface area (Å²) in [4.78, 5) is 11.2. The van der Waals surface area contributed by atoms with E-state index in [-0.39, 0.29) is 5.92 Å². The van der Waals surface area contributed by atoms with E-state index in [4.69, 9.17) is 9.47 Å². The summed E-state index contributed by atoms with van der Waals surface area (Å²) in [5.41, 5.74) is 2.41. The lowest BCUT2D eigenvalue weighted by Gasteiger charge is -2.19. The molecule has 2 rings (SSSR count). The Kier molecular flexibility index (Phi) is 4.77. The Morgan fingerprint density at radius 2 is 1.57 bits per heavy atom. The van der Waals surface area contributed by atoms with Crippen LogP contribution in [0.15, 0.2) is 60.7 Å². The molecule has 0 amide bonds. The molecule has 0 bridgehead atoms. The van der Waals surface area contributed by atoms with Crippen LogP contribution in [0.3, 0.4) is 0 Å². The summed E-state index contributed by atoms with van der Waals surface area (Å²) in [5, 5.41) is 0. The normalized spacial score (nSPS) is 11.5. The fourth-order valence-electron chi connectivity index (χ4n) is 2.33. The topological polar surface area (TPSA) is 35.5 Å². The maximum Gasteiger partial charge on any atom is 0.146 e. The highest BCUT2D eigenvalue weighted by molar-refractivity contribution is 5.77. The maximum atomic E-state index is 11.2. The van der Waals surface area contributed by atoms with Gasteiger partial charge in [-0.15, -0.1) is 0 Å². The zero-order chi connectivity index (χ0) is 15.2. The van der Waals surface area contributed by atoms with E-state index in [1.54, 1.807) is 20.3 Å². The van der Waals surface area contributed by atoms with Gasteiger partial charge in [0.15, 0.2) is 0 Å². The number of allylic oxidation sites excluding steroid dienone is 1. The lowest BCUT2D eigenvalue weighted by Crippen LogP contribution is -2.06. The Labute approximate surface area is 124 Å². The number of ether oxygens (including phenoxy) is 2. The van der Waals surface area contributed by atoms with Crippen LogP contribution in [0.2, 0.25) is 0 Å². The summed E-state index contributed by atoms with van der Waals surface area (Å²) >= 11 is 0. The van der Waals surface area contributed by atoms with Gasteiger partial charge < -0.3 is 9.47 Å². The molecule has 21 heavy (non-hydrogen) atoms. The fourth-order valence-corrected chi connectivity index (χ4v) is 2.33. The van der Waals surface area contributed by atoms with Crippen molar-refractivity contribution in [1.29, 1.82) is 0 Å². The van der Waals surface area contributed by atoms with E-state index >= 15 is 0 Å². The summed E-state index contributed by atoms with van der Waals surface area (Å²) < 4.78 is 10.6. The van der Waals surface area contributed by atoms with Crippen LogP contribution in [0, 0.1) is 0 Å². The average Bonchev–Trinajstić information content (AvgIpc) is 2.55. The minimum Gasteiger partial charge on any atom is -0.497 e. The van der Waals surface area contributed by atoms with Gasteiger partial charge in [0.25, 0.3) is 0 Å². The third-order valence-electron chi connectivity index (χ3n) is 3.36. The van der Waals surface area contributed by atoms with Gasteiger partial charge in [-0.25, -0.2) is 0 Å². The highest BCUT2D eigenvalue weighted by Gasteiger charge is 2.19. The first kappa shape index (κ1) is 14.9. The van der Waals surface area contributed by atoms with Crippen molar-refractivity contribution in [3.8, 4) is 11.5 Å². The largest absolute Gasteiger partial charge is 0.497 e. The van der Waals surface area contributed by atoms with E-state index in [9.17, 15) is 4.79 Å². The molecule has 0 heterocycles. The van der Waals surface area contributed by atoms with Gasteiger partial charge in [0.1, 0.15) is 17.8 Å². The van der Waals surface area contributed by atoms with Gasteiger partial charge in [0.05, 0.1) is 14.2 Å². The van der Waals surface area contributed by atoms with Crippen LogP contribution >= 0.6 is 0 Å². The van der Waals surface area contributed by atoms with Crippen LogP contribution in [0.4, 0.5) is 0 Å².